The summed E-state index contributed by atoms with van der Waals surface area (Å²) in [6.45, 7) is 0. The van der Waals surface area contributed by atoms with Gasteiger partial charge < -0.3 is 10.6 Å². The third-order valence-electron chi connectivity index (χ3n) is 3.95. The highest BCUT2D eigenvalue weighted by atomic mass is 35.5. The van der Waals surface area contributed by atoms with E-state index in [1.54, 1.807) is 24.0 Å². The minimum absolute atomic E-state index is 0. The molecule has 1 aliphatic heterocycles. The van der Waals surface area contributed by atoms with Gasteiger partial charge in [-0.3, -0.25) is 9.48 Å². The van der Waals surface area contributed by atoms with E-state index in [1.807, 2.05) is 19.3 Å². The third-order valence-corrected chi connectivity index (χ3v) is 5.11. The molecular weight excluding hydrogens is 351 g/mol. The third kappa shape index (κ3) is 3.74. The van der Waals surface area contributed by atoms with Crippen LogP contribution in [0.3, 0.4) is 0 Å². The van der Waals surface area contributed by atoms with Crippen LogP contribution in [0, 0.1) is 5.82 Å². The van der Waals surface area contributed by atoms with Crippen LogP contribution in [0.1, 0.15) is 29.6 Å². The molecule has 0 spiro atoms. The molecule has 1 amide bonds. The maximum atomic E-state index is 13.9. The van der Waals surface area contributed by atoms with Gasteiger partial charge in [0.25, 0.3) is 0 Å². The molecule has 2 aromatic rings. The number of rotatable bonds is 4. The van der Waals surface area contributed by atoms with Gasteiger partial charge in [0.15, 0.2) is 0 Å². The Morgan fingerprint density at radius 3 is 2.96 bits per heavy atom. The Hall–Kier alpha value is -1.57. The number of likely N-dealkylation sites (N-methyl/N-ethyl adjacent to an activating group) is 1. The van der Waals surface area contributed by atoms with E-state index in [1.165, 1.54) is 17.8 Å². The molecular formula is C16H20ClFN4OS. The van der Waals surface area contributed by atoms with Crippen LogP contribution in [0.4, 0.5) is 4.39 Å². The van der Waals surface area contributed by atoms with Gasteiger partial charge in [0.05, 0.1) is 12.2 Å². The van der Waals surface area contributed by atoms with Crippen LogP contribution in [0.15, 0.2) is 35.5 Å². The molecule has 2 atom stereocenters. The van der Waals surface area contributed by atoms with E-state index in [0.29, 0.717) is 4.90 Å². The fraction of sp³-hybridized carbons (Fsp3) is 0.375. The summed E-state index contributed by atoms with van der Waals surface area (Å²) < 4.78 is 15.6. The van der Waals surface area contributed by atoms with Crippen molar-refractivity contribution in [2.45, 2.75) is 23.4 Å². The number of hydrogen-bond donors (Lipinski definition) is 2. The molecule has 0 radical (unpaired) electrons. The molecule has 0 bridgehead atoms. The average Bonchev–Trinajstić information content (AvgIpc) is 2.95. The van der Waals surface area contributed by atoms with Gasteiger partial charge in [0.2, 0.25) is 5.91 Å². The molecule has 2 heterocycles. The van der Waals surface area contributed by atoms with Crippen LogP contribution in [-0.4, -0.2) is 28.5 Å². The van der Waals surface area contributed by atoms with Crippen LogP contribution in [0.25, 0.3) is 0 Å². The number of aromatic nitrogens is 2. The van der Waals surface area contributed by atoms with E-state index in [-0.39, 0.29) is 30.2 Å². The Bertz CT molecular complexity index is 724. The number of benzene rings is 1. The maximum Gasteiger partial charge on any atom is 0.242 e. The fourth-order valence-corrected chi connectivity index (χ4v) is 3.97. The quantitative estimate of drug-likeness (QED) is 0.868. The lowest BCUT2D eigenvalue weighted by atomic mass is 10.0. The van der Waals surface area contributed by atoms with Crippen LogP contribution in [-0.2, 0) is 11.8 Å². The van der Waals surface area contributed by atoms with Gasteiger partial charge in [0, 0.05) is 29.5 Å². The molecule has 1 aromatic carbocycles. The van der Waals surface area contributed by atoms with E-state index in [9.17, 15) is 9.18 Å². The first kappa shape index (κ1) is 18.8. The number of nitrogens with zero attached hydrogens (tertiary/aromatic N) is 2. The SMILES string of the molecule is CNC(C(=O)NC1CCSc2c(F)cccc21)c1cnn(C)c1.Cl. The van der Waals surface area contributed by atoms with Crippen LogP contribution in [0.2, 0.25) is 0 Å². The van der Waals surface area contributed by atoms with Gasteiger partial charge in [-0.15, -0.1) is 24.2 Å². The van der Waals surface area contributed by atoms with Crippen molar-refractivity contribution in [3.63, 3.8) is 0 Å². The lowest BCUT2D eigenvalue weighted by Crippen LogP contribution is -2.39. The first-order chi connectivity index (χ1) is 11.1. The van der Waals surface area contributed by atoms with Crippen molar-refractivity contribution in [1.29, 1.82) is 0 Å². The van der Waals surface area contributed by atoms with Crippen LogP contribution < -0.4 is 10.6 Å². The normalized spacial score (nSPS) is 17.5. The van der Waals surface area contributed by atoms with Crippen molar-refractivity contribution < 1.29 is 9.18 Å². The Labute approximate surface area is 150 Å². The zero-order chi connectivity index (χ0) is 16.4. The minimum Gasteiger partial charge on any atom is -0.348 e. The minimum atomic E-state index is -0.477. The maximum absolute atomic E-state index is 13.9. The summed E-state index contributed by atoms with van der Waals surface area (Å²) in [6, 6.07) is 4.39. The summed E-state index contributed by atoms with van der Waals surface area (Å²) in [7, 11) is 3.55. The Morgan fingerprint density at radius 2 is 2.29 bits per heavy atom. The standard InChI is InChI=1S/C16H19FN4OS.ClH/c1-18-14(10-8-19-21(2)9-10)16(22)20-13-6-7-23-15-11(13)4-3-5-12(15)17;/h3-5,8-9,13-14,18H,6-7H2,1-2H3,(H,20,22);1H. The summed E-state index contributed by atoms with van der Waals surface area (Å²) in [6.07, 6.45) is 4.27. The first-order valence-corrected chi connectivity index (χ1v) is 8.46. The molecule has 2 N–H and O–H groups in total. The average molecular weight is 371 g/mol. The monoisotopic (exact) mass is 370 g/mol. The molecule has 24 heavy (non-hydrogen) atoms. The van der Waals surface area contributed by atoms with E-state index >= 15 is 0 Å². The number of halogens is 2. The number of aryl methyl sites for hydroxylation is 1. The second-order valence-corrected chi connectivity index (χ2v) is 6.63. The molecule has 5 nitrogen and oxygen atoms in total. The highest BCUT2D eigenvalue weighted by Gasteiger charge is 2.27. The zero-order valence-corrected chi connectivity index (χ0v) is 15.1. The van der Waals surface area contributed by atoms with Gasteiger partial charge in [-0.05, 0) is 25.1 Å². The number of thioether (sulfide) groups is 1. The summed E-state index contributed by atoms with van der Waals surface area (Å²) in [5, 5.41) is 10.2. The molecule has 1 aromatic heterocycles. The largest absolute Gasteiger partial charge is 0.348 e. The molecule has 130 valence electrons. The van der Waals surface area contributed by atoms with Crippen LogP contribution in [0.5, 0.6) is 0 Å². The van der Waals surface area contributed by atoms with E-state index in [2.05, 4.69) is 15.7 Å². The summed E-state index contributed by atoms with van der Waals surface area (Å²) >= 11 is 1.50. The number of carbonyl (C=O) groups is 1. The lowest BCUT2D eigenvalue weighted by molar-refractivity contribution is -0.124. The second-order valence-electron chi connectivity index (χ2n) is 5.53. The van der Waals surface area contributed by atoms with Crippen molar-refractivity contribution in [3.8, 4) is 0 Å². The molecule has 8 heteroatoms. The zero-order valence-electron chi connectivity index (χ0n) is 13.5. The predicted octanol–water partition coefficient (Wildman–Crippen LogP) is 2.59. The van der Waals surface area contributed by atoms with Crippen molar-refractivity contribution in [2.24, 2.45) is 7.05 Å². The molecule has 0 saturated carbocycles. The molecule has 0 fully saturated rings. The molecule has 1 aliphatic rings. The Balaban J connectivity index is 0.00000208. The van der Waals surface area contributed by atoms with E-state index in [0.717, 1.165) is 23.3 Å². The van der Waals surface area contributed by atoms with Gasteiger partial charge in [-0.25, -0.2) is 4.39 Å². The summed E-state index contributed by atoms with van der Waals surface area (Å²) in [4.78, 5) is 13.3. The van der Waals surface area contributed by atoms with Crippen molar-refractivity contribution >= 4 is 30.1 Å². The van der Waals surface area contributed by atoms with E-state index < -0.39 is 6.04 Å². The highest BCUT2D eigenvalue weighted by Crippen LogP contribution is 2.37. The number of fused-ring (bicyclic) bond motifs is 1. The Morgan fingerprint density at radius 1 is 1.50 bits per heavy atom. The van der Waals surface area contributed by atoms with Crippen molar-refractivity contribution in [2.75, 3.05) is 12.8 Å². The summed E-state index contributed by atoms with van der Waals surface area (Å²) in [5.41, 5.74) is 1.66. The molecule has 3 rings (SSSR count). The number of carbonyl (C=O) groups excluding carboxylic acids is 1. The smallest absolute Gasteiger partial charge is 0.242 e. The molecule has 0 saturated heterocycles. The van der Waals surface area contributed by atoms with Crippen molar-refractivity contribution in [3.05, 3.63) is 47.5 Å². The number of amides is 1. The van der Waals surface area contributed by atoms with Crippen LogP contribution >= 0.6 is 24.2 Å². The second kappa shape index (κ2) is 8.00. The lowest BCUT2D eigenvalue weighted by Gasteiger charge is -2.27. The fourth-order valence-electron chi connectivity index (χ4n) is 2.83. The van der Waals surface area contributed by atoms with Gasteiger partial charge >= 0.3 is 0 Å². The van der Waals surface area contributed by atoms with Crippen molar-refractivity contribution in [1.82, 2.24) is 20.4 Å². The molecule has 0 aliphatic carbocycles. The number of nitrogens with one attached hydrogen (secondary N) is 2. The van der Waals surface area contributed by atoms with Gasteiger partial charge in [-0.2, -0.15) is 5.10 Å². The first-order valence-electron chi connectivity index (χ1n) is 7.47. The number of hydrogen-bond acceptors (Lipinski definition) is 4. The van der Waals surface area contributed by atoms with Gasteiger partial charge in [-0.1, -0.05) is 12.1 Å². The summed E-state index contributed by atoms with van der Waals surface area (Å²) in [5.74, 6) is 0.437. The predicted molar refractivity (Wildman–Crippen MR) is 94.9 cm³/mol. The topological polar surface area (TPSA) is 59.0 Å². The molecule has 2 unspecified atom stereocenters. The highest BCUT2D eigenvalue weighted by molar-refractivity contribution is 7.99. The van der Waals surface area contributed by atoms with E-state index in [4.69, 9.17) is 0 Å². The Kier molecular flexibility index (Phi) is 6.26. The van der Waals surface area contributed by atoms with Gasteiger partial charge in [0.1, 0.15) is 11.9 Å².